The fourth-order valence-electron chi connectivity index (χ4n) is 3.01. The number of nitrogens with zero attached hydrogens (tertiary/aromatic N) is 3. The second-order valence-corrected chi connectivity index (χ2v) is 9.95. The molecular formula is C18H23N3O4S2. The maximum Gasteiger partial charge on any atom is 0.287 e. The van der Waals surface area contributed by atoms with Crippen LogP contribution in [0.25, 0.3) is 0 Å². The van der Waals surface area contributed by atoms with Crippen LogP contribution in [0.2, 0.25) is 0 Å². The first-order valence-electron chi connectivity index (χ1n) is 8.60. The number of rotatable bonds is 6. The lowest BCUT2D eigenvalue weighted by Crippen LogP contribution is -2.49. The zero-order chi connectivity index (χ0) is 19.6. The van der Waals surface area contributed by atoms with Crippen LogP contribution in [0.4, 0.5) is 0 Å². The second-order valence-electron chi connectivity index (χ2n) is 6.78. The van der Waals surface area contributed by atoms with Crippen molar-refractivity contribution in [1.82, 2.24) is 15.0 Å². The van der Waals surface area contributed by atoms with E-state index in [4.69, 9.17) is 4.74 Å². The van der Waals surface area contributed by atoms with E-state index in [1.165, 1.54) is 16.3 Å². The highest BCUT2D eigenvalue weighted by molar-refractivity contribution is 7.91. The van der Waals surface area contributed by atoms with Crippen LogP contribution in [0.15, 0.2) is 29.6 Å². The number of benzene rings is 1. The van der Waals surface area contributed by atoms with Crippen LogP contribution in [-0.2, 0) is 16.4 Å². The fraction of sp³-hybridized carbons (Fsp3) is 0.444. The van der Waals surface area contributed by atoms with Crippen LogP contribution < -0.4 is 4.74 Å². The first-order chi connectivity index (χ1) is 12.7. The molecule has 0 N–H and O–H groups in total. The third-order valence-corrected chi connectivity index (χ3v) is 6.92. The summed E-state index contributed by atoms with van der Waals surface area (Å²) in [4.78, 5) is 17.3. The Morgan fingerprint density at radius 2 is 2.00 bits per heavy atom. The summed E-state index contributed by atoms with van der Waals surface area (Å²) in [5.74, 6) is 0.557. The number of carbonyl (C=O) groups excluding carboxylic acids is 1. The summed E-state index contributed by atoms with van der Waals surface area (Å²) >= 11 is 1.35. The molecule has 1 aliphatic rings. The van der Waals surface area contributed by atoms with Crippen molar-refractivity contribution >= 4 is 27.1 Å². The first kappa shape index (κ1) is 19.8. The Kier molecular flexibility index (Phi) is 5.83. The summed E-state index contributed by atoms with van der Waals surface area (Å²) in [5, 5.41) is 5.51. The SMILES string of the molecule is Cc1ccc(OCc2nc(C(=O)N([C@@H]3CCS(=O)(=O)C3)N(C)C)cs2)cc1. The number of aromatic nitrogens is 1. The first-order valence-corrected chi connectivity index (χ1v) is 11.3. The predicted molar refractivity (Wildman–Crippen MR) is 105 cm³/mol. The van der Waals surface area contributed by atoms with E-state index in [2.05, 4.69) is 4.98 Å². The Morgan fingerprint density at radius 1 is 1.30 bits per heavy atom. The monoisotopic (exact) mass is 409 g/mol. The van der Waals surface area contributed by atoms with E-state index in [9.17, 15) is 13.2 Å². The third kappa shape index (κ3) is 4.85. The zero-order valence-electron chi connectivity index (χ0n) is 15.6. The number of thiazole rings is 1. The van der Waals surface area contributed by atoms with Gasteiger partial charge in [-0.05, 0) is 25.5 Å². The molecule has 27 heavy (non-hydrogen) atoms. The van der Waals surface area contributed by atoms with Gasteiger partial charge in [0.2, 0.25) is 0 Å². The molecule has 0 unspecified atom stereocenters. The van der Waals surface area contributed by atoms with Crippen molar-refractivity contribution in [2.24, 2.45) is 0 Å². The summed E-state index contributed by atoms with van der Waals surface area (Å²) in [6, 6.07) is 7.37. The molecule has 2 heterocycles. The Bertz CT molecular complexity index is 907. The number of hydrazine groups is 1. The van der Waals surface area contributed by atoms with Gasteiger partial charge in [-0.2, -0.15) is 0 Å². The molecule has 0 radical (unpaired) electrons. The van der Waals surface area contributed by atoms with Gasteiger partial charge in [-0.15, -0.1) is 11.3 Å². The smallest absolute Gasteiger partial charge is 0.287 e. The zero-order valence-corrected chi connectivity index (χ0v) is 17.2. The van der Waals surface area contributed by atoms with Crippen molar-refractivity contribution < 1.29 is 17.9 Å². The van der Waals surface area contributed by atoms with Gasteiger partial charge in [-0.3, -0.25) is 9.80 Å². The molecule has 1 saturated heterocycles. The molecule has 1 amide bonds. The standard InChI is InChI=1S/C18H23N3O4S2/c1-13-4-6-15(7-5-13)25-10-17-19-16(11-26-17)18(22)21(20(2)3)14-8-9-27(23,24)12-14/h4-7,11,14H,8-10,12H2,1-3H3/t14-/m1/s1. The molecule has 0 bridgehead atoms. The van der Waals surface area contributed by atoms with Crippen LogP contribution in [0, 0.1) is 6.92 Å². The Hall–Kier alpha value is -1.97. The van der Waals surface area contributed by atoms with E-state index >= 15 is 0 Å². The largest absolute Gasteiger partial charge is 0.486 e. The minimum atomic E-state index is -3.09. The topological polar surface area (TPSA) is 79.8 Å². The Labute approximate surface area is 163 Å². The highest BCUT2D eigenvalue weighted by Gasteiger charge is 2.37. The van der Waals surface area contributed by atoms with Crippen molar-refractivity contribution in [2.45, 2.75) is 26.0 Å². The summed E-state index contributed by atoms with van der Waals surface area (Å²) in [7, 11) is 0.380. The molecule has 1 aromatic heterocycles. The summed E-state index contributed by atoms with van der Waals surface area (Å²) < 4.78 is 29.3. The molecule has 1 aliphatic heterocycles. The second kappa shape index (κ2) is 7.95. The number of carbonyl (C=O) groups is 1. The molecule has 1 atom stereocenters. The van der Waals surface area contributed by atoms with E-state index in [0.717, 1.165) is 11.3 Å². The molecule has 9 heteroatoms. The van der Waals surface area contributed by atoms with Crippen LogP contribution in [0.3, 0.4) is 0 Å². The number of amides is 1. The molecule has 0 spiro atoms. The van der Waals surface area contributed by atoms with Crippen molar-refractivity contribution in [3.8, 4) is 5.75 Å². The van der Waals surface area contributed by atoms with Crippen molar-refractivity contribution in [2.75, 3.05) is 25.6 Å². The maximum absolute atomic E-state index is 12.9. The normalized spacial score (nSPS) is 18.6. The van der Waals surface area contributed by atoms with Gasteiger partial charge >= 0.3 is 0 Å². The molecular weight excluding hydrogens is 386 g/mol. The summed E-state index contributed by atoms with van der Waals surface area (Å²) in [5.41, 5.74) is 1.46. The van der Waals surface area contributed by atoms with Gasteiger partial charge in [0, 0.05) is 19.5 Å². The average Bonchev–Trinajstić information content (AvgIpc) is 3.21. The maximum atomic E-state index is 12.9. The van der Waals surface area contributed by atoms with Crippen molar-refractivity contribution in [3.05, 3.63) is 45.9 Å². The van der Waals surface area contributed by atoms with Crippen LogP contribution in [-0.4, -0.2) is 61.0 Å². The molecule has 2 aromatic rings. The Morgan fingerprint density at radius 3 is 2.59 bits per heavy atom. The molecule has 1 fully saturated rings. The summed E-state index contributed by atoms with van der Waals surface area (Å²) in [6.45, 7) is 2.29. The number of aryl methyl sites for hydroxylation is 1. The van der Waals surface area contributed by atoms with Crippen LogP contribution in [0.1, 0.15) is 27.5 Å². The highest BCUT2D eigenvalue weighted by atomic mass is 32.2. The number of ether oxygens (including phenoxy) is 1. The highest BCUT2D eigenvalue weighted by Crippen LogP contribution is 2.22. The third-order valence-electron chi connectivity index (χ3n) is 4.35. The minimum Gasteiger partial charge on any atom is -0.486 e. The van der Waals surface area contributed by atoms with E-state index in [-0.39, 0.29) is 30.1 Å². The lowest BCUT2D eigenvalue weighted by molar-refractivity contribution is 0.000514. The van der Waals surface area contributed by atoms with Gasteiger partial charge < -0.3 is 4.74 Å². The number of hydrogen-bond donors (Lipinski definition) is 0. The van der Waals surface area contributed by atoms with Gasteiger partial charge in [-0.1, -0.05) is 17.7 Å². The van der Waals surface area contributed by atoms with E-state index in [1.54, 1.807) is 24.5 Å². The van der Waals surface area contributed by atoms with Crippen LogP contribution >= 0.6 is 11.3 Å². The fourth-order valence-corrected chi connectivity index (χ4v) is 5.39. The molecule has 1 aromatic carbocycles. The van der Waals surface area contributed by atoms with Crippen molar-refractivity contribution in [3.63, 3.8) is 0 Å². The quantitative estimate of drug-likeness (QED) is 0.680. The average molecular weight is 410 g/mol. The van der Waals surface area contributed by atoms with E-state index in [1.807, 2.05) is 31.2 Å². The predicted octanol–water partition coefficient (Wildman–Crippen LogP) is 2.14. The lowest BCUT2D eigenvalue weighted by Gasteiger charge is -2.33. The lowest BCUT2D eigenvalue weighted by atomic mass is 10.2. The molecule has 3 rings (SSSR count). The van der Waals surface area contributed by atoms with Gasteiger partial charge in [0.05, 0.1) is 17.5 Å². The molecule has 0 aliphatic carbocycles. The van der Waals surface area contributed by atoms with Gasteiger partial charge in [0.15, 0.2) is 9.84 Å². The van der Waals surface area contributed by atoms with Crippen molar-refractivity contribution in [1.29, 1.82) is 0 Å². The minimum absolute atomic E-state index is 0.00947. The van der Waals surface area contributed by atoms with E-state index in [0.29, 0.717) is 17.1 Å². The van der Waals surface area contributed by atoms with E-state index < -0.39 is 9.84 Å². The summed E-state index contributed by atoms with van der Waals surface area (Å²) in [6.07, 6.45) is 0.444. The number of hydrogen-bond acceptors (Lipinski definition) is 7. The van der Waals surface area contributed by atoms with Gasteiger partial charge in [0.25, 0.3) is 5.91 Å². The van der Waals surface area contributed by atoms with Gasteiger partial charge in [0.1, 0.15) is 23.1 Å². The molecule has 0 saturated carbocycles. The van der Waals surface area contributed by atoms with Crippen LogP contribution in [0.5, 0.6) is 5.75 Å². The molecule has 7 nitrogen and oxygen atoms in total. The molecule has 146 valence electrons. The Balaban J connectivity index is 1.68. The van der Waals surface area contributed by atoms with Gasteiger partial charge in [-0.25, -0.2) is 18.4 Å². The number of sulfone groups is 1.